The van der Waals surface area contributed by atoms with E-state index in [0.29, 0.717) is 0 Å². The smallest absolute Gasteiger partial charge is 0.0803 e. The Morgan fingerprint density at radius 2 is 2.14 bits per heavy atom. The van der Waals surface area contributed by atoms with Gasteiger partial charge >= 0.3 is 0 Å². The molecule has 0 aliphatic heterocycles. The van der Waals surface area contributed by atoms with Crippen molar-refractivity contribution in [2.75, 3.05) is 0 Å². The Bertz CT molecular complexity index is 320. The van der Waals surface area contributed by atoms with E-state index >= 15 is 0 Å². The third-order valence-electron chi connectivity index (χ3n) is 2.11. The van der Waals surface area contributed by atoms with Gasteiger partial charge in [-0.3, -0.25) is 0 Å². The molecule has 2 heteroatoms. The minimum Gasteiger partial charge on any atom is -0.388 e. The first-order valence-electron chi connectivity index (χ1n) is 4.68. The molecule has 0 aliphatic rings. The Kier molecular flexibility index (Phi) is 4.62. The molecule has 0 heterocycles. The van der Waals surface area contributed by atoms with Crippen LogP contribution >= 0.6 is 22.6 Å². The standard InChI is InChI=1S/C12H15IO/c1-9(2)7-8-12(14)10-5-3-4-6-11(10)13/h3-6,12,14H,1,7-8H2,2H3. The summed E-state index contributed by atoms with van der Waals surface area (Å²) in [6.45, 7) is 5.82. The normalized spacial score (nSPS) is 12.5. The third-order valence-corrected chi connectivity index (χ3v) is 3.09. The fraction of sp³-hybridized carbons (Fsp3) is 0.333. The number of benzene rings is 1. The number of hydrogen-bond acceptors (Lipinski definition) is 1. The maximum Gasteiger partial charge on any atom is 0.0803 e. The van der Waals surface area contributed by atoms with Crippen LogP contribution < -0.4 is 0 Å². The minimum atomic E-state index is -0.361. The van der Waals surface area contributed by atoms with Gasteiger partial charge < -0.3 is 5.11 Å². The molecule has 1 unspecified atom stereocenters. The van der Waals surface area contributed by atoms with Crippen LogP contribution in [-0.4, -0.2) is 5.11 Å². The van der Waals surface area contributed by atoms with Crippen molar-refractivity contribution >= 4 is 22.6 Å². The van der Waals surface area contributed by atoms with Crippen LogP contribution in [0, 0.1) is 3.57 Å². The average Bonchev–Trinajstić information content (AvgIpc) is 2.15. The molecule has 1 nitrogen and oxygen atoms in total. The topological polar surface area (TPSA) is 20.2 Å². The highest BCUT2D eigenvalue weighted by Gasteiger charge is 2.09. The molecule has 1 aromatic rings. The first-order chi connectivity index (χ1) is 6.61. The van der Waals surface area contributed by atoms with Crippen LogP contribution in [-0.2, 0) is 0 Å². The predicted octanol–water partition coefficient (Wildman–Crippen LogP) is 3.68. The molecule has 0 fully saturated rings. The number of aliphatic hydroxyl groups excluding tert-OH is 1. The lowest BCUT2D eigenvalue weighted by atomic mass is 10.0. The number of hydrogen-bond donors (Lipinski definition) is 1. The number of allylic oxidation sites excluding steroid dienone is 1. The van der Waals surface area contributed by atoms with Crippen molar-refractivity contribution in [3.05, 3.63) is 45.6 Å². The highest BCUT2D eigenvalue weighted by Crippen LogP contribution is 2.24. The van der Waals surface area contributed by atoms with Crippen LogP contribution in [0.4, 0.5) is 0 Å². The maximum atomic E-state index is 9.90. The summed E-state index contributed by atoms with van der Waals surface area (Å²) in [6.07, 6.45) is 1.28. The monoisotopic (exact) mass is 302 g/mol. The van der Waals surface area contributed by atoms with Gasteiger partial charge in [0.05, 0.1) is 6.10 Å². The van der Waals surface area contributed by atoms with Gasteiger partial charge in [0.25, 0.3) is 0 Å². The Morgan fingerprint density at radius 3 is 2.71 bits per heavy atom. The predicted molar refractivity (Wildman–Crippen MR) is 68.2 cm³/mol. The summed E-state index contributed by atoms with van der Waals surface area (Å²) in [5.74, 6) is 0. The van der Waals surface area contributed by atoms with E-state index < -0.39 is 0 Å². The van der Waals surface area contributed by atoms with Crippen LogP contribution in [0.15, 0.2) is 36.4 Å². The number of rotatable bonds is 4. The van der Waals surface area contributed by atoms with Gasteiger partial charge in [-0.25, -0.2) is 0 Å². The van der Waals surface area contributed by atoms with Gasteiger partial charge in [0.2, 0.25) is 0 Å². The van der Waals surface area contributed by atoms with Crippen molar-refractivity contribution in [1.29, 1.82) is 0 Å². The number of halogens is 1. The molecule has 1 atom stereocenters. The molecule has 1 N–H and O–H groups in total. The van der Waals surface area contributed by atoms with Crippen LogP contribution in [0.2, 0.25) is 0 Å². The van der Waals surface area contributed by atoms with Crippen LogP contribution in [0.1, 0.15) is 31.4 Å². The van der Waals surface area contributed by atoms with Gasteiger partial charge in [-0.1, -0.05) is 23.8 Å². The fourth-order valence-corrected chi connectivity index (χ4v) is 2.03. The molecule has 0 aromatic heterocycles. The lowest BCUT2D eigenvalue weighted by molar-refractivity contribution is 0.167. The summed E-state index contributed by atoms with van der Waals surface area (Å²) in [5, 5.41) is 9.90. The van der Waals surface area contributed by atoms with Gasteiger partial charge in [0.15, 0.2) is 0 Å². The number of aliphatic hydroxyl groups is 1. The van der Waals surface area contributed by atoms with E-state index in [9.17, 15) is 5.11 Å². The summed E-state index contributed by atoms with van der Waals surface area (Å²) in [4.78, 5) is 0. The van der Waals surface area contributed by atoms with E-state index in [4.69, 9.17) is 0 Å². The molecule has 76 valence electrons. The zero-order valence-corrected chi connectivity index (χ0v) is 10.5. The molecule has 1 aromatic carbocycles. The average molecular weight is 302 g/mol. The lowest BCUT2D eigenvalue weighted by Gasteiger charge is -2.12. The molecule has 0 saturated heterocycles. The van der Waals surface area contributed by atoms with E-state index in [2.05, 4.69) is 29.2 Å². The molecule has 14 heavy (non-hydrogen) atoms. The van der Waals surface area contributed by atoms with Crippen molar-refractivity contribution in [1.82, 2.24) is 0 Å². The Balaban J connectivity index is 2.65. The molecule has 1 rings (SSSR count). The lowest BCUT2D eigenvalue weighted by Crippen LogP contribution is -1.99. The van der Waals surface area contributed by atoms with Gasteiger partial charge in [-0.15, -0.1) is 6.58 Å². The third kappa shape index (κ3) is 3.42. The van der Waals surface area contributed by atoms with Crippen molar-refractivity contribution in [2.45, 2.75) is 25.9 Å². The summed E-state index contributed by atoms with van der Waals surface area (Å²) in [5.41, 5.74) is 2.14. The Labute approximate surface area is 99.0 Å². The van der Waals surface area contributed by atoms with Crippen molar-refractivity contribution in [3.63, 3.8) is 0 Å². The van der Waals surface area contributed by atoms with Gasteiger partial charge in [0.1, 0.15) is 0 Å². The first-order valence-corrected chi connectivity index (χ1v) is 5.76. The van der Waals surface area contributed by atoms with E-state index in [1.807, 2.05) is 31.2 Å². The molecule has 0 spiro atoms. The zero-order chi connectivity index (χ0) is 10.6. The molecule has 0 saturated carbocycles. The van der Waals surface area contributed by atoms with Gasteiger partial charge in [-0.2, -0.15) is 0 Å². The zero-order valence-electron chi connectivity index (χ0n) is 8.33. The molecule has 0 aliphatic carbocycles. The Hall–Kier alpha value is -0.350. The summed E-state index contributed by atoms with van der Waals surface area (Å²) in [6, 6.07) is 7.93. The molecular formula is C12H15IO. The molecule has 0 bridgehead atoms. The second-order valence-corrected chi connectivity index (χ2v) is 4.70. The summed E-state index contributed by atoms with van der Waals surface area (Å²) >= 11 is 2.25. The summed E-state index contributed by atoms with van der Waals surface area (Å²) < 4.78 is 1.12. The molecule has 0 radical (unpaired) electrons. The highest BCUT2D eigenvalue weighted by atomic mass is 127. The van der Waals surface area contributed by atoms with E-state index in [1.165, 1.54) is 0 Å². The van der Waals surface area contributed by atoms with Crippen LogP contribution in [0.3, 0.4) is 0 Å². The second kappa shape index (κ2) is 5.51. The summed E-state index contributed by atoms with van der Waals surface area (Å²) in [7, 11) is 0. The van der Waals surface area contributed by atoms with E-state index in [0.717, 1.165) is 27.5 Å². The van der Waals surface area contributed by atoms with E-state index in [1.54, 1.807) is 0 Å². The highest BCUT2D eigenvalue weighted by molar-refractivity contribution is 14.1. The van der Waals surface area contributed by atoms with E-state index in [-0.39, 0.29) is 6.10 Å². The maximum absolute atomic E-state index is 9.90. The Morgan fingerprint density at radius 1 is 1.50 bits per heavy atom. The molecule has 0 amide bonds. The SMILES string of the molecule is C=C(C)CCC(O)c1ccccc1I. The van der Waals surface area contributed by atoms with Gasteiger partial charge in [-0.05, 0) is 54.0 Å². The molecular weight excluding hydrogens is 287 g/mol. The largest absolute Gasteiger partial charge is 0.388 e. The van der Waals surface area contributed by atoms with Crippen molar-refractivity contribution in [2.24, 2.45) is 0 Å². The van der Waals surface area contributed by atoms with Crippen molar-refractivity contribution in [3.8, 4) is 0 Å². The first kappa shape index (κ1) is 11.7. The van der Waals surface area contributed by atoms with Crippen LogP contribution in [0.5, 0.6) is 0 Å². The van der Waals surface area contributed by atoms with Crippen molar-refractivity contribution < 1.29 is 5.11 Å². The minimum absolute atomic E-state index is 0.361. The van der Waals surface area contributed by atoms with Crippen LogP contribution in [0.25, 0.3) is 0 Å². The second-order valence-electron chi connectivity index (χ2n) is 3.53. The quantitative estimate of drug-likeness (QED) is 0.664. The van der Waals surface area contributed by atoms with Gasteiger partial charge in [0, 0.05) is 3.57 Å². The fourth-order valence-electron chi connectivity index (χ4n) is 1.28.